The lowest BCUT2D eigenvalue weighted by molar-refractivity contribution is 0.113. The fourth-order valence-electron chi connectivity index (χ4n) is 3.63. The van der Waals surface area contributed by atoms with Gasteiger partial charge >= 0.3 is 0 Å². The number of aromatic nitrogens is 3. The number of ether oxygens (including phenoxy) is 2. The molecule has 0 amide bonds. The van der Waals surface area contributed by atoms with Crippen molar-refractivity contribution in [1.29, 1.82) is 0 Å². The number of aryl methyl sites for hydroxylation is 2. The molecule has 1 aliphatic rings. The van der Waals surface area contributed by atoms with Crippen LogP contribution >= 0.6 is 24.0 Å². The Morgan fingerprint density at radius 2 is 1.97 bits per heavy atom. The molecule has 2 N–H and O–H groups in total. The van der Waals surface area contributed by atoms with Crippen molar-refractivity contribution in [2.24, 2.45) is 12.0 Å². The zero-order chi connectivity index (χ0) is 23.0. The zero-order valence-corrected chi connectivity index (χ0v) is 22.3. The average molecular weight is 576 g/mol. The molecular weight excluding hydrogens is 543 g/mol. The lowest BCUT2D eigenvalue weighted by Crippen LogP contribution is -2.41. The van der Waals surface area contributed by atoms with Crippen molar-refractivity contribution in [1.82, 2.24) is 25.4 Å². The zero-order valence-electron chi connectivity index (χ0n) is 20.0. The van der Waals surface area contributed by atoms with Crippen molar-refractivity contribution in [2.75, 3.05) is 13.2 Å². The van der Waals surface area contributed by atoms with E-state index in [1.807, 2.05) is 54.9 Å². The van der Waals surface area contributed by atoms with Gasteiger partial charge in [0.25, 0.3) is 0 Å². The molecule has 0 radical (unpaired) electrons. The third kappa shape index (κ3) is 7.17. The van der Waals surface area contributed by atoms with Gasteiger partial charge in [-0.15, -0.1) is 34.2 Å². The molecule has 0 bridgehead atoms. The molecule has 0 spiro atoms. The van der Waals surface area contributed by atoms with Gasteiger partial charge in [0, 0.05) is 25.8 Å². The maximum absolute atomic E-state index is 6.16. The van der Waals surface area contributed by atoms with Crippen molar-refractivity contribution >= 4 is 29.9 Å². The number of aliphatic imine (C=N–C) groups is 1. The van der Waals surface area contributed by atoms with Crippen LogP contribution in [0.1, 0.15) is 35.6 Å². The van der Waals surface area contributed by atoms with Crippen molar-refractivity contribution in [3.63, 3.8) is 0 Å². The second kappa shape index (κ2) is 12.7. The molecule has 8 nitrogen and oxygen atoms in total. The minimum Gasteiger partial charge on any atom is -0.457 e. The fraction of sp³-hybridized carbons (Fsp3) is 0.400. The summed E-state index contributed by atoms with van der Waals surface area (Å²) < 4.78 is 13.9. The first-order chi connectivity index (χ1) is 16.1. The topological polar surface area (TPSA) is 85.6 Å². The predicted octanol–water partition coefficient (Wildman–Crippen LogP) is 4.26. The average Bonchev–Trinajstić information content (AvgIpc) is 3.45. The van der Waals surface area contributed by atoms with Crippen LogP contribution in [0, 0.1) is 13.8 Å². The maximum atomic E-state index is 6.16. The van der Waals surface area contributed by atoms with E-state index in [9.17, 15) is 0 Å². The Labute approximate surface area is 218 Å². The Bertz CT molecular complexity index is 1080. The third-order valence-corrected chi connectivity index (χ3v) is 5.72. The quantitative estimate of drug-likeness (QED) is 0.237. The molecule has 182 valence electrons. The van der Waals surface area contributed by atoms with Gasteiger partial charge in [0.1, 0.15) is 17.3 Å². The predicted molar refractivity (Wildman–Crippen MR) is 144 cm³/mol. The Morgan fingerprint density at radius 3 is 2.68 bits per heavy atom. The van der Waals surface area contributed by atoms with Gasteiger partial charge in [0.15, 0.2) is 11.8 Å². The molecule has 0 saturated carbocycles. The summed E-state index contributed by atoms with van der Waals surface area (Å²) in [5.41, 5.74) is 2.15. The van der Waals surface area contributed by atoms with Crippen LogP contribution in [0.5, 0.6) is 11.5 Å². The lowest BCUT2D eigenvalue weighted by atomic mass is 10.1. The molecule has 4 rings (SSSR count). The van der Waals surface area contributed by atoms with Crippen LogP contribution in [-0.4, -0.2) is 40.0 Å². The van der Waals surface area contributed by atoms with E-state index in [1.54, 1.807) is 0 Å². The molecule has 1 saturated heterocycles. The number of guanidine groups is 1. The number of halogens is 1. The monoisotopic (exact) mass is 576 g/mol. The summed E-state index contributed by atoms with van der Waals surface area (Å²) in [5, 5.41) is 15.2. The highest BCUT2D eigenvalue weighted by Gasteiger charge is 2.16. The minimum absolute atomic E-state index is 0. The van der Waals surface area contributed by atoms with Gasteiger partial charge in [-0.25, -0.2) is 4.99 Å². The van der Waals surface area contributed by atoms with Crippen LogP contribution in [-0.2, 0) is 24.9 Å². The van der Waals surface area contributed by atoms with E-state index in [2.05, 4.69) is 39.9 Å². The Morgan fingerprint density at radius 1 is 1.15 bits per heavy atom. The van der Waals surface area contributed by atoms with Crippen LogP contribution in [0.2, 0.25) is 0 Å². The summed E-state index contributed by atoms with van der Waals surface area (Å²) in [6, 6.07) is 16.0. The molecule has 3 aromatic rings. The molecule has 34 heavy (non-hydrogen) atoms. The third-order valence-electron chi connectivity index (χ3n) is 5.72. The first-order valence-corrected chi connectivity index (χ1v) is 11.4. The highest BCUT2D eigenvalue weighted by Crippen LogP contribution is 2.27. The molecule has 1 fully saturated rings. The number of hydrogen-bond donors (Lipinski definition) is 2. The van der Waals surface area contributed by atoms with Crippen LogP contribution in [0.4, 0.5) is 0 Å². The molecule has 1 aromatic heterocycles. The van der Waals surface area contributed by atoms with Crippen molar-refractivity contribution < 1.29 is 9.47 Å². The normalized spacial score (nSPS) is 15.6. The van der Waals surface area contributed by atoms with Gasteiger partial charge in [-0.05, 0) is 50.5 Å². The van der Waals surface area contributed by atoms with Gasteiger partial charge in [0.2, 0.25) is 0 Å². The van der Waals surface area contributed by atoms with Gasteiger partial charge in [0.05, 0.1) is 19.2 Å². The van der Waals surface area contributed by atoms with E-state index in [1.165, 1.54) is 0 Å². The van der Waals surface area contributed by atoms with E-state index < -0.39 is 0 Å². The first kappa shape index (κ1) is 26.0. The number of nitrogens with one attached hydrogen (secondary N) is 2. The van der Waals surface area contributed by atoms with E-state index >= 15 is 0 Å². The SMILES string of the molecule is Cc1ccc(CN=C(NCc2nnc(C)n2C)NCC2CCCO2)c(Oc2ccccc2)c1.I. The standard InChI is InChI=1S/C25H32N6O2.HI/c1-18-11-12-20(23(14-18)33-21-8-5-4-6-9-21)15-26-25(27-16-22-10-7-13-32-22)28-17-24-30-29-19(2)31(24)3;/h4-6,8-9,11-12,14,22H,7,10,13,15-17H2,1-3H3,(H2,26,27,28);1H. The Hall–Kier alpha value is -2.66. The highest BCUT2D eigenvalue weighted by molar-refractivity contribution is 14.0. The number of nitrogens with zero attached hydrogens (tertiary/aromatic N) is 4. The van der Waals surface area contributed by atoms with Gasteiger partial charge in [-0.1, -0.05) is 30.3 Å². The van der Waals surface area contributed by atoms with Crippen molar-refractivity contribution in [2.45, 2.75) is 45.9 Å². The summed E-state index contributed by atoms with van der Waals surface area (Å²) in [5.74, 6) is 4.05. The molecule has 1 aliphatic heterocycles. The van der Waals surface area contributed by atoms with Gasteiger partial charge in [-0.3, -0.25) is 0 Å². The van der Waals surface area contributed by atoms with E-state index in [0.29, 0.717) is 25.6 Å². The van der Waals surface area contributed by atoms with E-state index in [4.69, 9.17) is 14.5 Å². The maximum Gasteiger partial charge on any atom is 0.192 e. The molecule has 2 heterocycles. The van der Waals surface area contributed by atoms with E-state index in [0.717, 1.165) is 53.7 Å². The highest BCUT2D eigenvalue weighted by atomic mass is 127. The van der Waals surface area contributed by atoms with Crippen LogP contribution in [0.25, 0.3) is 0 Å². The molecule has 2 aromatic carbocycles. The smallest absolute Gasteiger partial charge is 0.192 e. The van der Waals surface area contributed by atoms with Crippen LogP contribution in [0.15, 0.2) is 53.5 Å². The summed E-state index contributed by atoms with van der Waals surface area (Å²) in [6.45, 7) is 6.53. The second-order valence-corrected chi connectivity index (χ2v) is 8.28. The lowest BCUT2D eigenvalue weighted by Gasteiger charge is -2.16. The summed E-state index contributed by atoms with van der Waals surface area (Å²) in [6.07, 6.45) is 2.38. The number of rotatable bonds is 8. The van der Waals surface area contributed by atoms with Crippen molar-refractivity contribution in [3.05, 3.63) is 71.3 Å². The minimum atomic E-state index is 0. The number of para-hydroxylation sites is 1. The summed E-state index contributed by atoms with van der Waals surface area (Å²) in [7, 11) is 1.96. The molecule has 0 aliphatic carbocycles. The molecule has 9 heteroatoms. The largest absolute Gasteiger partial charge is 0.457 e. The molecule has 1 atom stereocenters. The van der Waals surface area contributed by atoms with Gasteiger partial charge in [-0.2, -0.15) is 0 Å². The second-order valence-electron chi connectivity index (χ2n) is 8.28. The Kier molecular flexibility index (Phi) is 9.70. The summed E-state index contributed by atoms with van der Waals surface area (Å²) in [4.78, 5) is 4.84. The summed E-state index contributed by atoms with van der Waals surface area (Å²) >= 11 is 0. The van der Waals surface area contributed by atoms with Crippen LogP contribution < -0.4 is 15.4 Å². The van der Waals surface area contributed by atoms with Crippen LogP contribution in [0.3, 0.4) is 0 Å². The van der Waals surface area contributed by atoms with Gasteiger partial charge < -0.3 is 24.7 Å². The molecule has 1 unspecified atom stereocenters. The van der Waals surface area contributed by atoms with Crippen molar-refractivity contribution in [3.8, 4) is 11.5 Å². The first-order valence-electron chi connectivity index (χ1n) is 11.4. The fourth-order valence-corrected chi connectivity index (χ4v) is 3.63. The number of benzene rings is 2. The number of hydrogen-bond acceptors (Lipinski definition) is 5. The Balaban J connectivity index is 0.00000324. The molecular formula is C25H33IN6O2. The van der Waals surface area contributed by atoms with E-state index in [-0.39, 0.29) is 30.1 Å².